The fraction of sp³-hybridized carbons (Fsp3) is 0.714. The smallest absolute Gasteiger partial charge is 0.239 e. The number of likely N-dealkylation sites (N-methyl/N-ethyl adjacent to an activating group) is 1. The van der Waals surface area contributed by atoms with Gasteiger partial charge in [-0.2, -0.15) is 0 Å². The molecule has 1 aromatic rings. The van der Waals surface area contributed by atoms with Crippen LogP contribution in [0.5, 0.6) is 0 Å². The van der Waals surface area contributed by atoms with E-state index in [0.29, 0.717) is 6.54 Å². The summed E-state index contributed by atoms with van der Waals surface area (Å²) in [7, 11) is 1.85. The molecule has 0 aromatic carbocycles. The molecule has 0 N–H and O–H groups in total. The predicted octanol–water partition coefficient (Wildman–Crippen LogP) is 1.63. The average Bonchev–Trinajstić information content (AvgIpc) is 2.78. The second kappa shape index (κ2) is 4.96. The summed E-state index contributed by atoms with van der Waals surface area (Å²) in [6.07, 6.45) is 0. The van der Waals surface area contributed by atoms with Gasteiger partial charge in [-0.25, -0.2) is 0 Å². The van der Waals surface area contributed by atoms with Crippen LogP contribution in [0.15, 0.2) is 10.6 Å². The van der Waals surface area contributed by atoms with E-state index in [0.717, 1.165) is 24.5 Å². The summed E-state index contributed by atoms with van der Waals surface area (Å²) in [4.78, 5) is 15.9. The zero-order chi connectivity index (χ0) is 14.2. The number of aromatic nitrogens is 1. The third-order valence-corrected chi connectivity index (χ3v) is 3.67. The van der Waals surface area contributed by atoms with Crippen molar-refractivity contribution in [2.24, 2.45) is 0 Å². The molecule has 0 saturated carbocycles. The van der Waals surface area contributed by atoms with Gasteiger partial charge in [0.25, 0.3) is 0 Å². The normalized spacial score (nSPS) is 22.1. The van der Waals surface area contributed by atoms with E-state index < -0.39 is 0 Å². The van der Waals surface area contributed by atoms with Crippen molar-refractivity contribution < 1.29 is 9.32 Å². The number of hydrogen-bond acceptors (Lipinski definition) is 4. The molecule has 0 spiro atoms. The molecule has 1 aromatic heterocycles. The largest absolute Gasteiger partial charge is 0.361 e. The van der Waals surface area contributed by atoms with E-state index in [1.165, 1.54) is 0 Å². The van der Waals surface area contributed by atoms with Crippen molar-refractivity contribution in [1.29, 1.82) is 0 Å². The van der Waals surface area contributed by atoms with Gasteiger partial charge < -0.3 is 9.42 Å². The highest BCUT2D eigenvalue weighted by Crippen LogP contribution is 2.23. The van der Waals surface area contributed by atoms with Crippen LogP contribution >= 0.6 is 0 Å². The maximum Gasteiger partial charge on any atom is 0.239 e. The molecule has 5 nitrogen and oxygen atoms in total. The van der Waals surface area contributed by atoms with Crippen molar-refractivity contribution in [3.63, 3.8) is 0 Å². The zero-order valence-electron chi connectivity index (χ0n) is 12.4. The van der Waals surface area contributed by atoms with Crippen molar-refractivity contribution in [1.82, 2.24) is 15.0 Å². The van der Waals surface area contributed by atoms with Crippen molar-refractivity contribution in [2.45, 2.75) is 45.7 Å². The molecule has 19 heavy (non-hydrogen) atoms. The highest BCUT2D eigenvalue weighted by molar-refractivity contribution is 5.81. The fourth-order valence-electron chi connectivity index (χ4n) is 2.22. The molecule has 5 heteroatoms. The Morgan fingerprint density at radius 2 is 2.11 bits per heavy atom. The van der Waals surface area contributed by atoms with Gasteiger partial charge in [-0.1, -0.05) is 25.9 Å². The minimum atomic E-state index is -0.0893. The highest BCUT2D eigenvalue weighted by Gasteiger charge is 2.30. The van der Waals surface area contributed by atoms with Crippen LogP contribution in [0.3, 0.4) is 0 Å². The lowest BCUT2D eigenvalue weighted by Crippen LogP contribution is -2.53. The van der Waals surface area contributed by atoms with Crippen molar-refractivity contribution >= 4 is 5.91 Å². The Morgan fingerprint density at radius 3 is 2.68 bits per heavy atom. The molecular weight excluding hydrogens is 242 g/mol. The standard InChI is InChI=1S/C14H23N3O2/c1-10-13(18)16(5)6-7-17(10)9-11-8-12(19-15-11)14(2,3)4/h8,10H,6-7,9H2,1-5H3/t10-/m0/s1. The van der Waals surface area contributed by atoms with Crippen LogP contribution < -0.4 is 0 Å². The number of piperazine rings is 1. The maximum absolute atomic E-state index is 11.9. The van der Waals surface area contributed by atoms with Crippen LogP contribution in [0.2, 0.25) is 0 Å². The van der Waals surface area contributed by atoms with Gasteiger partial charge in [-0.3, -0.25) is 9.69 Å². The van der Waals surface area contributed by atoms with Gasteiger partial charge >= 0.3 is 0 Å². The summed E-state index contributed by atoms with van der Waals surface area (Å²) in [5.41, 5.74) is 0.864. The Hall–Kier alpha value is -1.36. The van der Waals surface area contributed by atoms with Crippen LogP contribution in [0.4, 0.5) is 0 Å². The molecule has 0 unspecified atom stereocenters. The number of carbonyl (C=O) groups excluding carboxylic acids is 1. The van der Waals surface area contributed by atoms with E-state index in [-0.39, 0.29) is 17.4 Å². The van der Waals surface area contributed by atoms with E-state index in [4.69, 9.17) is 4.52 Å². The van der Waals surface area contributed by atoms with Crippen LogP contribution in [-0.2, 0) is 16.8 Å². The quantitative estimate of drug-likeness (QED) is 0.815. The summed E-state index contributed by atoms with van der Waals surface area (Å²) in [6, 6.07) is 1.91. The van der Waals surface area contributed by atoms with Gasteiger partial charge in [0, 0.05) is 38.2 Å². The average molecular weight is 265 g/mol. The fourth-order valence-corrected chi connectivity index (χ4v) is 2.22. The second-order valence-electron chi connectivity index (χ2n) is 6.34. The first kappa shape index (κ1) is 14.1. The van der Waals surface area contributed by atoms with E-state index in [1.54, 1.807) is 4.90 Å². The minimum Gasteiger partial charge on any atom is -0.361 e. The van der Waals surface area contributed by atoms with Gasteiger partial charge in [-0.15, -0.1) is 0 Å². The molecular formula is C14H23N3O2. The Kier molecular flexibility index (Phi) is 3.67. The monoisotopic (exact) mass is 265 g/mol. The number of amides is 1. The molecule has 0 aliphatic carbocycles. The lowest BCUT2D eigenvalue weighted by atomic mass is 9.93. The number of carbonyl (C=O) groups is 1. The Morgan fingerprint density at radius 1 is 1.42 bits per heavy atom. The summed E-state index contributed by atoms with van der Waals surface area (Å²) in [6.45, 7) is 10.6. The Labute approximate surface area is 114 Å². The summed E-state index contributed by atoms with van der Waals surface area (Å²) < 4.78 is 5.38. The van der Waals surface area contributed by atoms with Gasteiger partial charge in [-0.05, 0) is 6.92 Å². The summed E-state index contributed by atoms with van der Waals surface area (Å²) >= 11 is 0. The highest BCUT2D eigenvalue weighted by atomic mass is 16.5. The van der Waals surface area contributed by atoms with Gasteiger partial charge in [0.2, 0.25) is 5.91 Å². The lowest BCUT2D eigenvalue weighted by molar-refractivity contribution is -0.139. The van der Waals surface area contributed by atoms with Crippen molar-refractivity contribution in [3.8, 4) is 0 Å². The van der Waals surface area contributed by atoms with E-state index in [1.807, 2.05) is 20.0 Å². The molecule has 0 radical (unpaired) electrons. The van der Waals surface area contributed by atoms with E-state index in [9.17, 15) is 4.79 Å². The van der Waals surface area contributed by atoms with E-state index in [2.05, 4.69) is 30.8 Å². The topological polar surface area (TPSA) is 49.6 Å². The summed E-state index contributed by atoms with van der Waals surface area (Å²) in [5.74, 6) is 1.06. The number of hydrogen-bond donors (Lipinski definition) is 0. The zero-order valence-corrected chi connectivity index (χ0v) is 12.4. The third kappa shape index (κ3) is 2.97. The molecule has 1 fully saturated rings. The predicted molar refractivity (Wildman–Crippen MR) is 72.7 cm³/mol. The molecule has 106 valence electrons. The molecule has 1 aliphatic heterocycles. The molecule has 0 bridgehead atoms. The van der Waals surface area contributed by atoms with Crippen LogP contribution in [-0.4, -0.2) is 47.0 Å². The molecule has 1 saturated heterocycles. The first-order valence-corrected chi connectivity index (χ1v) is 6.74. The van der Waals surface area contributed by atoms with Crippen molar-refractivity contribution in [2.75, 3.05) is 20.1 Å². The molecule has 2 rings (SSSR count). The van der Waals surface area contributed by atoms with Crippen LogP contribution in [0.25, 0.3) is 0 Å². The molecule has 1 atom stereocenters. The molecule has 2 heterocycles. The van der Waals surface area contributed by atoms with Gasteiger partial charge in [0.15, 0.2) is 0 Å². The van der Waals surface area contributed by atoms with Crippen LogP contribution in [0, 0.1) is 0 Å². The maximum atomic E-state index is 11.9. The Bertz CT molecular complexity index is 462. The summed E-state index contributed by atoms with van der Waals surface area (Å²) in [5, 5.41) is 4.11. The number of rotatable bonds is 2. The molecule has 1 amide bonds. The SMILES string of the molecule is C[C@H]1C(=O)N(C)CCN1Cc1cc(C(C)(C)C)on1. The number of nitrogens with zero attached hydrogens (tertiary/aromatic N) is 3. The van der Waals surface area contributed by atoms with Crippen LogP contribution in [0.1, 0.15) is 39.1 Å². The lowest BCUT2D eigenvalue weighted by Gasteiger charge is -2.36. The molecule has 1 aliphatic rings. The first-order chi connectivity index (χ1) is 8.79. The first-order valence-electron chi connectivity index (χ1n) is 6.74. The van der Waals surface area contributed by atoms with Gasteiger partial charge in [0.05, 0.1) is 11.7 Å². The third-order valence-electron chi connectivity index (χ3n) is 3.67. The van der Waals surface area contributed by atoms with Gasteiger partial charge in [0.1, 0.15) is 5.76 Å². The van der Waals surface area contributed by atoms with Crippen molar-refractivity contribution in [3.05, 3.63) is 17.5 Å². The van der Waals surface area contributed by atoms with E-state index >= 15 is 0 Å². The second-order valence-corrected chi connectivity index (χ2v) is 6.34. The minimum absolute atomic E-state index is 0.0329. The Balaban J connectivity index is 2.05.